The topological polar surface area (TPSA) is 92.4 Å². The molecule has 9 heteroatoms. The molecule has 1 aliphatic heterocycles. The van der Waals surface area contributed by atoms with Crippen LogP contribution in [-0.4, -0.2) is 37.1 Å². The first kappa shape index (κ1) is 25.0. The maximum absolute atomic E-state index is 13.4. The van der Waals surface area contributed by atoms with Gasteiger partial charge in [-0.3, -0.25) is 14.4 Å². The second-order valence-corrected chi connectivity index (χ2v) is 12.1. The predicted molar refractivity (Wildman–Crippen MR) is 151 cm³/mol. The highest BCUT2D eigenvalue weighted by atomic mass is 35.5. The summed E-state index contributed by atoms with van der Waals surface area (Å²) in [6.45, 7) is 7.98. The van der Waals surface area contributed by atoms with E-state index in [0.29, 0.717) is 29.4 Å². The van der Waals surface area contributed by atoms with Gasteiger partial charge in [0.15, 0.2) is 5.82 Å². The number of anilines is 1. The minimum atomic E-state index is -0.740. The number of aliphatic imine (C=N–C) groups is 1. The number of aryl methyl sites for hydroxylation is 2. The summed E-state index contributed by atoms with van der Waals surface area (Å²) in [4.78, 5) is 19.7. The monoisotopic (exact) mass is 545 g/mol. The Morgan fingerprint density at radius 1 is 1.13 bits per heavy atom. The third kappa shape index (κ3) is 4.36. The highest BCUT2D eigenvalue weighted by molar-refractivity contribution is 7.15. The molecule has 2 atom stereocenters. The van der Waals surface area contributed by atoms with Crippen LogP contribution in [0.2, 0.25) is 5.02 Å². The number of rotatable bonds is 4. The molecule has 0 saturated heterocycles. The van der Waals surface area contributed by atoms with Gasteiger partial charge < -0.3 is 10.4 Å². The first-order valence-electron chi connectivity index (χ1n) is 12.6. The molecular weight excluding hydrogens is 518 g/mol. The maximum Gasteiger partial charge on any atom is 0.227 e. The molecule has 0 saturated carbocycles. The largest absolute Gasteiger partial charge is 0.389 e. The third-order valence-corrected chi connectivity index (χ3v) is 8.81. The van der Waals surface area contributed by atoms with Gasteiger partial charge in [-0.15, -0.1) is 21.5 Å². The number of amides is 1. The van der Waals surface area contributed by atoms with Gasteiger partial charge in [-0.2, -0.15) is 0 Å². The quantitative estimate of drug-likeness (QED) is 0.345. The van der Waals surface area contributed by atoms with E-state index in [0.717, 1.165) is 44.4 Å². The van der Waals surface area contributed by atoms with Crippen molar-refractivity contribution in [3.05, 3.63) is 91.8 Å². The molecule has 7 nitrogen and oxygen atoms in total. The summed E-state index contributed by atoms with van der Waals surface area (Å²) in [5, 5.41) is 24.0. The van der Waals surface area contributed by atoms with Crippen LogP contribution in [0.4, 0.5) is 5.69 Å². The zero-order valence-corrected chi connectivity index (χ0v) is 23.2. The normalized spacial score (nSPS) is 19.8. The van der Waals surface area contributed by atoms with Gasteiger partial charge in [0, 0.05) is 39.6 Å². The molecular formula is C29H28ClN5O2S. The number of nitrogens with zero attached hydrogens (tertiary/aromatic N) is 4. The van der Waals surface area contributed by atoms with Crippen LogP contribution in [-0.2, 0) is 17.6 Å². The van der Waals surface area contributed by atoms with Crippen molar-refractivity contribution >= 4 is 40.2 Å². The zero-order chi connectivity index (χ0) is 26.8. The molecule has 3 heterocycles. The first-order valence-corrected chi connectivity index (χ1v) is 13.8. The molecule has 38 heavy (non-hydrogen) atoms. The van der Waals surface area contributed by atoms with Crippen LogP contribution in [0.5, 0.6) is 0 Å². The van der Waals surface area contributed by atoms with Crippen molar-refractivity contribution in [2.75, 3.05) is 5.32 Å². The summed E-state index contributed by atoms with van der Waals surface area (Å²) in [5.74, 6) is 1.24. The van der Waals surface area contributed by atoms with E-state index < -0.39 is 11.6 Å². The van der Waals surface area contributed by atoms with Crippen LogP contribution in [0.1, 0.15) is 63.7 Å². The van der Waals surface area contributed by atoms with Crippen molar-refractivity contribution in [2.24, 2.45) is 4.99 Å². The molecule has 0 bridgehead atoms. The molecule has 4 aromatic rings. The molecule has 6 rings (SSSR count). The standard InChI is InChI=1S/C29H28ClN5O2S/c1-15-16(2)38-28-25(15)26(18-5-8-21(30)9-6-18)32-23(27-34-33-17(3)35(27)28)12-24(36)31-22-10-7-19-13-29(4,37)14-20(19)11-22/h5-11,23,37H,12-14H2,1-4H3,(H,31,36)/t23-,29+/m0/s1. The van der Waals surface area contributed by atoms with Gasteiger partial charge in [0.2, 0.25) is 5.91 Å². The van der Waals surface area contributed by atoms with E-state index in [1.807, 2.05) is 60.9 Å². The van der Waals surface area contributed by atoms with Crippen molar-refractivity contribution in [1.82, 2.24) is 14.8 Å². The second kappa shape index (κ2) is 9.15. The fourth-order valence-electron chi connectivity index (χ4n) is 5.44. The molecule has 2 aromatic carbocycles. The van der Waals surface area contributed by atoms with Crippen LogP contribution in [0, 0.1) is 20.8 Å². The number of hydrogen-bond acceptors (Lipinski definition) is 6. The van der Waals surface area contributed by atoms with Crippen molar-refractivity contribution in [3.8, 4) is 5.00 Å². The molecule has 0 spiro atoms. The van der Waals surface area contributed by atoms with E-state index in [2.05, 4.69) is 29.4 Å². The highest BCUT2D eigenvalue weighted by Gasteiger charge is 2.33. The lowest BCUT2D eigenvalue weighted by atomic mass is 9.99. The predicted octanol–water partition coefficient (Wildman–Crippen LogP) is 5.68. The van der Waals surface area contributed by atoms with Crippen molar-refractivity contribution in [2.45, 2.75) is 58.6 Å². The number of hydrogen-bond donors (Lipinski definition) is 2. The number of nitrogens with one attached hydrogen (secondary N) is 1. The Kier molecular flexibility index (Phi) is 6.01. The summed E-state index contributed by atoms with van der Waals surface area (Å²) >= 11 is 7.88. The highest BCUT2D eigenvalue weighted by Crippen LogP contribution is 2.40. The van der Waals surface area contributed by atoms with Gasteiger partial charge in [-0.05, 0) is 68.7 Å². The number of fused-ring (bicyclic) bond motifs is 4. The van der Waals surface area contributed by atoms with Gasteiger partial charge in [0.25, 0.3) is 0 Å². The molecule has 1 amide bonds. The van der Waals surface area contributed by atoms with Crippen LogP contribution in [0.3, 0.4) is 0 Å². The number of thiophene rings is 1. The summed E-state index contributed by atoms with van der Waals surface area (Å²) in [6.07, 6.45) is 1.31. The van der Waals surface area contributed by atoms with Crippen LogP contribution >= 0.6 is 22.9 Å². The van der Waals surface area contributed by atoms with Crippen molar-refractivity contribution in [3.63, 3.8) is 0 Å². The van der Waals surface area contributed by atoms with Crippen LogP contribution < -0.4 is 5.32 Å². The first-order chi connectivity index (χ1) is 18.1. The average molecular weight is 546 g/mol. The number of aliphatic hydroxyl groups is 1. The summed E-state index contributed by atoms with van der Waals surface area (Å²) in [7, 11) is 0. The van der Waals surface area contributed by atoms with Gasteiger partial charge in [0.05, 0.1) is 17.7 Å². The lowest BCUT2D eigenvalue weighted by molar-refractivity contribution is -0.116. The molecule has 0 fully saturated rings. The van der Waals surface area contributed by atoms with Crippen LogP contribution in [0.15, 0.2) is 47.5 Å². The second-order valence-electron chi connectivity index (χ2n) is 10.5. The van der Waals surface area contributed by atoms with Gasteiger partial charge >= 0.3 is 0 Å². The van der Waals surface area contributed by atoms with Gasteiger partial charge in [0.1, 0.15) is 16.9 Å². The lowest BCUT2D eigenvalue weighted by Crippen LogP contribution is -2.23. The lowest BCUT2D eigenvalue weighted by Gasteiger charge is -2.14. The summed E-state index contributed by atoms with van der Waals surface area (Å²) in [6, 6.07) is 13.0. The average Bonchev–Trinajstić information content (AvgIpc) is 3.45. The molecule has 2 aliphatic rings. The number of benzene rings is 2. The Morgan fingerprint density at radius 3 is 2.63 bits per heavy atom. The Labute approximate surface area is 230 Å². The fourth-order valence-corrected chi connectivity index (χ4v) is 6.78. The SMILES string of the molecule is Cc1sc2c(c1C)C(c1ccc(Cl)cc1)=N[C@@H](CC(=O)Nc1ccc3c(c1)C[C@](C)(O)C3)c1nnc(C)n1-2. The fraction of sp³-hybridized carbons (Fsp3) is 0.310. The minimum Gasteiger partial charge on any atom is -0.389 e. The smallest absolute Gasteiger partial charge is 0.227 e. The molecule has 2 N–H and O–H groups in total. The number of carbonyl (C=O) groups is 1. The molecule has 1 aliphatic carbocycles. The van der Waals surface area contributed by atoms with Gasteiger partial charge in [-0.1, -0.05) is 29.8 Å². The number of aromatic nitrogens is 3. The maximum atomic E-state index is 13.4. The van der Waals surface area contributed by atoms with E-state index in [9.17, 15) is 9.90 Å². The number of carbonyl (C=O) groups excluding carboxylic acids is 1. The Bertz CT molecular complexity index is 1620. The van der Waals surface area contributed by atoms with E-state index in [1.165, 1.54) is 4.88 Å². The Balaban J connectivity index is 1.38. The van der Waals surface area contributed by atoms with E-state index >= 15 is 0 Å². The van der Waals surface area contributed by atoms with Gasteiger partial charge in [-0.25, -0.2) is 0 Å². The molecule has 2 aromatic heterocycles. The number of halogens is 1. The summed E-state index contributed by atoms with van der Waals surface area (Å²) < 4.78 is 2.04. The van der Waals surface area contributed by atoms with E-state index in [4.69, 9.17) is 16.6 Å². The van der Waals surface area contributed by atoms with Crippen LogP contribution in [0.25, 0.3) is 5.00 Å². The van der Waals surface area contributed by atoms with Crippen molar-refractivity contribution in [1.29, 1.82) is 0 Å². The molecule has 194 valence electrons. The third-order valence-electron chi connectivity index (χ3n) is 7.37. The van der Waals surface area contributed by atoms with E-state index in [1.54, 1.807) is 11.3 Å². The van der Waals surface area contributed by atoms with Crippen molar-refractivity contribution < 1.29 is 9.90 Å². The Hall–Kier alpha value is -3.33. The minimum absolute atomic E-state index is 0.108. The molecule has 0 radical (unpaired) electrons. The van der Waals surface area contributed by atoms with E-state index in [-0.39, 0.29) is 12.3 Å². The Morgan fingerprint density at radius 2 is 1.87 bits per heavy atom. The molecule has 0 unspecified atom stereocenters. The zero-order valence-electron chi connectivity index (χ0n) is 21.7. The summed E-state index contributed by atoms with van der Waals surface area (Å²) in [5.41, 5.74) is 6.10.